The van der Waals surface area contributed by atoms with Gasteiger partial charge >= 0.3 is 0 Å². The van der Waals surface area contributed by atoms with Gasteiger partial charge in [-0.15, -0.1) is 0 Å². The summed E-state index contributed by atoms with van der Waals surface area (Å²) in [6, 6.07) is 3.97. The number of hydrogen-bond acceptors (Lipinski definition) is 4. The summed E-state index contributed by atoms with van der Waals surface area (Å²) in [4.78, 5) is 8.33. The summed E-state index contributed by atoms with van der Waals surface area (Å²) in [6.45, 7) is 3.38. The molecule has 96 valence electrons. The lowest BCUT2D eigenvalue weighted by molar-refractivity contribution is 0.199. The van der Waals surface area contributed by atoms with Crippen LogP contribution < -0.4 is 5.32 Å². The predicted octanol–water partition coefficient (Wildman–Crippen LogP) is 1.18. The van der Waals surface area contributed by atoms with E-state index in [1.165, 1.54) is 0 Å². The molecule has 0 fully saturated rings. The second kappa shape index (κ2) is 6.88. The Kier molecular flexibility index (Phi) is 4.87. The first-order chi connectivity index (χ1) is 8.92. The molecule has 2 aromatic rings. The van der Waals surface area contributed by atoms with Crippen molar-refractivity contribution < 1.29 is 4.74 Å². The fourth-order valence-electron chi connectivity index (χ4n) is 1.75. The van der Waals surface area contributed by atoms with Crippen LogP contribution in [-0.2, 0) is 11.3 Å². The quantitative estimate of drug-likeness (QED) is 0.745. The lowest BCUT2D eigenvalue weighted by atomic mass is 10.2. The first-order valence-corrected chi connectivity index (χ1v) is 6.02. The van der Waals surface area contributed by atoms with E-state index in [2.05, 4.69) is 19.9 Å². The second-order valence-corrected chi connectivity index (χ2v) is 3.96. The molecule has 0 atom stereocenters. The molecule has 5 nitrogen and oxygen atoms in total. The van der Waals surface area contributed by atoms with E-state index in [0.29, 0.717) is 0 Å². The average molecular weight is 246 g/mol. The van der Waals surface area contributed by atoms with Crippen LogP contribution in [0.15, 0.2) is 37.1 Å². The maximum atomic E-state index is 4.98. The SMILES string of the molecule is COCCNCCn1cncc1-c1cccnc1. The highest BCUT2D eigenvalue weighted by Crippen LogP contribution is 2.16. The normalized spacial score (nSPS) is 10.7. The minimum Gasteiger partial charge on any atom is -0.383 e. The van der Waals surface area contributed by atoms with Crippen molar-refractivity contribution in [3.8, 4) is 11.3 Å². The maximum Gasteiger partial charge on any atom is 0.0951 e. The van der Waals surface area contributed by atoms with Gasteiger partial charge in [0, 0.05) is 44.7 Å². The van der Waals surface area contributed by atoms with Crippen LogP contribution in [0.4, 0.5) is 0 Å². The Labute approximate surface area is 107 Å². The molecule has 2 rings (SSSR count). The molecule has 0 aliphatic heterocycles. The Morgan fingerprint density at radius 1 is 1.28 bits per heavy atom. The zero-order valence-electron chi connectivity index (χ0n) is 10.5. The summed E-state index contributed by atoms with van der Waals surface area (Å²) in [5.41, 5.74) is 2.18. The van der Waals surface area contributed by atoms with Crippen LogP contribution in [0.2, 0.25) is 0 Å². The van der Waals surface area contributed by atoms with Crippen LogP contribution in [0, 0.1) is 0 Å². The van der Waals surface area contributed by atoms with E-state index in [9.17, 15) is 0 Å². The molecule has 0 radical (unpaired) electrons. The van der Waals surface area contributed by atoms with Crippen molar-refractivity contribution in [1.29, 1.82) is 0 Å². The van der Waals surface area contributed by atoms with Crippen LogP contribution >= 0.6 is 0 Å². The van der Waals surface area contributed by atoms with E-state index in [1.54, 1.807) is 13.3 Å². The Balaban J connectivity index is 1.92. The predicted molar refractivity (Wildman–Crippen MR) is 70.2 cm³/mol. The van der Waals surface area contributed by atoms with Crippen molar-refractivity contribution in [2.75, 3.05) is 26.8 Å². The summed E-state index contributed by atoms with van der Waals surface area (Å²) >= 11 is 0. The number of nitrogens with one attached hydrogen (secondary N) is 1. The topological polar surface area (TPSA) is 52.0 Å². The number of nitrogens with zero attached hydrogens (tertiary/aromatic N) is 3. The molecule has 0 unspecified atom stereocenters. The molecule has 1 N–H and O–H groups in total. The third-order valence-electron chi connectivity index (χ3n) is 2.68. The molecule has 0 saturated carbocycles. The lowest BCUT2D eigenvalue weighted by Crippen LogP contribution is -2.23. The molecule has 0 aliphatic carbocycles. The first kappa shape index (κ1) is 12.7. The number of hydrogen-bond donors (Lipinski definition) is 1. The van der Waals surface area contributed by atoms with Gasteiger partial charge in [0.25, 0.3) is 0 Å². The average Bonchev–Trinajstić information content (AvgIpc) is 2.88. The van der Waals surface area contributed by atoms with Gasteiger partial charge in [-0.25, -0.2) is 4.98 Å². The fourth-order valence-corrected chi connectivity index (χ4v) is 1.75. The maximum absolute atomic E-state index is 4.98. The molecule has 0 aliphatic rings. The van der Waals surface area contributed by atoms with Crippen LogP contribution in [0.5, 0.6) is 0 Å². The molecule has 0 saturated heterocycles. The molecular formula is C13H18N4O. The van der Waals surface area contributed by atoms with Crippen molar-refractivity contribution in [2.24, 2.45) is 0 Å². The standard InChI is InChI=1S/C13H18N4O/c1-18-8-6-14-5-7-17-11-16-10-13(17)12-3-2-4-15-9-12/h2-4,9-11,14H,5-8H2,1H3. The molecule has 5 heteroatoms. The molecule has 2 heterocycles. The van der Waals surface area contributed by atoms with Gasteiger partial charge in [0.1, 0.15) is 0 Å². The van der Waals surface area contributed by atoms with Crippen molar-refractivity contribution in [3.05, 3.63) is 37.1 Å². The Morgan fingerprint density at radius 3 is 3.00 bits per heavy atom. The van der Waals surface area contributed by atoms with Gasteiger partial charge in [-0.2, -0.15) is 0 Å². The zero-order valence-corrected chi connectivity index (χ0v) is 10.5. The van der Waals surface area contributed by atoms with Crippen molar-refractivity contribution in [2.45, 2.75) is 6.54 Å². The van der Waals surface area contributed by atoms with Crippen molar-refractivity contribution in [3.63, 3.8) is 0 Å². The van der Waals surface area contributed by atoms with Gasteiger partial charge in [0.15, 0.2) is 0 Å². The van der Waals surface area contributed by atoms with Gasteiger partial charge in [0.2, 0.25) is 0 Å². The minimum absolute atomic E-state index is 0.736. The molecule has 0 aromatic carbocycles. The highest BCUT2D eigenvalue weighted by molar-refractivity contribution is 5.57. The van der Waals surface area contributed by atoms with Crippen LogP contribution in [0.3, 0.4) is 0 Å². The molecule has 0 spiro atoms. The van der Waals surface area contributed by atoms with Gasteiger partial charge in [-0.3, -0.25) is 4.98 Å². The monoisotopic (exact) mass is 246 g/mol. The first-order valence-electron chi connectivity index (χ1n) is 6.02. The van der Waals surface area contributed by atoms with E-state index in [-0.39, 0.29) is 0 Å². The zero-order chi connectivity index (χ0) is 12.6. The third kappa shape index (κ3) is 3.38. The molecular weight excluding hydrogens is 228 g/mol. The highest BCUT2D eigenvalue weighted by atomic mass is 16.5. The van der Waals surface area contributed by atoms with E-state index in [1.807, 2.05) is 30.9 Å². The van der Waals surface area contributed by atoms with Crippen LogP contribution in [0.1, 0.15) is 0 Å². The molecule has 2 aromatic heterocycles. The number of imidazole rings is 1. The number of ether oxygens (including phenoxy) is 1. The van der Waals surface area contributed by atoms with Gasteiger partial charge in [-0.05, 0) is 12.1 Å². The fraction of sp³-hybridized carbons (Fsp3) is 0.385. The largest absolute Gasteiger partial charge is 0.383 e. The number of methoxy groups -OCH3 is 1. The summed E-state index contributed by atoms with van der Waals surface area (Å²) in [5.74, 6) is 0. The van der Waals surface area contributed by atoms with Gasteiger partial charge in [-0.1, -0.05) is 0 Å². The van der Waals surface area contributed by atoms with Crippen molar-refractivity contribution >= 4 is 0 Å². The number of rotatable bonds is 7. The second-order valence-electron chi connectivity index (χ2n) is 3.96. The smallest absolute Gasteiger partial charge is 0.0951 e. The minimum atomic E-state index is 0.736. The number of pyridine rings is 1. The van der Waals surface area contributed by atoms with E-state index >= 15 is 0 Å². The van der Waals surface area contributed by atoms with Crippen molar-refractivity contribution in [1.82, 2.24) is 19.9 Å². The summed E-state index contributed by atoms with van der Waals surface area (Å²) in [6.07, 6.45) is 7.34. The third-order valence-corrected chi connectivity index (χ3v) is 2.68. The molecule has 0 bridgehead atoms. The Hall–Kier alpha value is -1.72. The lowest BCUT2D eigenvalue weighted by Gasteiger charge is -2.08. The van der Waals surface area contributed by atoms with E-state index < -0.39 is 0 Å². The Morgan fingerprint density at radius 2 is 2.22 bits per heavy atom. The number of aromatic nitrogens is 3. The summed E-state index contributed by atoms with van der Waals surface area (Å²) in [7, 11) is 1.71. The molecule has 0 amide bonds. The van der Waals surface area contributed by atoms with E-state index in [4.69, 9.17) is 4.74 Å². The molecule has 18 heavy (non-hydrogen) atoms. The summed E-state index contributed by atoms with van der Waals surface area (Å²) < 4.78 is 7.10. The van der Waals surface area contributed by atoms with Crippen LogP contribution in [-0.4, -0.2) is 41.3 Å². The Bertz CT molecular complexity index is 455. The summed E-state index contributed by atoms with van der Waals surface area (Å²) in [5, 5.41) is 3.31. The highest BCUT2D eigenvalue weighted by Gasteiger charge is 2.04. The van der Waals surface area contributed by atoms with E-state index in [0.717, 1.165) is 37.5 Å². The van der Waals surface area contributed by atoms with Gasteiger partial charge in [0.05, 0.1) is 24.8 Å². The van der Waals surface area contributed by atoms with Crippen LogP contribution in [0.25, 0.3) is 11.3 Å². The van der Waals surface area contributed by atoms with Gasteiger partial charge < -0.3 is 14.6 Å².